The van der Waals surface area contributed by atoms with Gasteiger partial charge in [-0.05, 0) is 49.9 Å². The smallest absolute Gasteiger partial charge is 0.337 e. The monoisotopic (exact) mass is 422 g/mol. The summed E-state index contributed by atoms with van der Waals surface area (Å²) in [6.45, 7) is 2.41. The third-order valence-corrected chi connectivity index (χ3v) is 5.93. The van der Waals surface area contributed by atoms with Gasteiger partial charge in [0.05, 0.1) is 18.2 Å². The van der Waals surface area contributed by atoms with Crippen LogP contribution in [0.5, 0.6) is 5.75 Å². The van der Waals surface area contributed by atoms with E-state index in [0.717, 1.165) is 30.3 Å². The molecule has 31 heavy (non-hydrogen) atoms. The van der Waals surface area contributed by atoms with E-state index in [1.807, 2.05) is 4.90 Å². The van der Waals surface area contributed by atoms with Crippen LogP contribution in [0.4, 0.5) is 0 Å². The van der Waals surface area contributed by atoms with E-state index in [-0.39, 0.29) is 29.5 Å². The maximum Gasteiger partial charge on any atom is 0.337 e. The molecule has 1 aliphatic rings. The number of aromatic nitrogens is 3. The molecule has 4 rings (SSSR count). The molecule has 2 aromatic heterocycles. The van der Waals surface area contributed by atoms with E-state index in [9.17, 15) is 14.4 Å². The largest absolute Gasteiger partial charge is 0.495 e. The van der Waals surface area contributed by atoms with Crippen molar-refractivity contribution in [3.8, 4) is 11.4 Å². The van der Waals surface area contributed by atoms with Crippen LogP contribution in [-0.4, -0.2) is 44.6 Å². The molecule has 0 N–H and O–H groups in total. The first-order valence-electron chi connectivity index (χ1n) is 10.6. The highest BCUT2D eigenvalue weighted by molar-refractivity contribution is 5.79. The molecule has 3 aromatic rings. The number of para-hydroxylation sites is 2. The maximum absolute atomic E-state index is 13.5. The highest BCUT2D eigenvalue weighted by Crippen LogP contribution is 2.23. The lowest BCUT2D eigenvalue weighted by Crippen LogP contribution is -2.49. The van der Waals surface area contributed by atoms with E-state index < -0.39 is 11.2 Å². The molecule has 162 valence electrons. The van der Waals surface area contributed by atoms with Gasteiger partial charge in [-0.25, -0.2) is 18.9 Å². The summed E-state index contributed by atoms with van der Waals surface area (Å²) in [6, 6.07) is 10.4. The predicted molar refractivity (Wildman–Crippen MR) is 118 cm³/mol. The van der Waals surface area contributed by atoms with Crippen LogP contribution in [0.2, 0.25) is 0 Å². The second-order valence-electron chi connectivity index (χ2n) is 7.70. The second kappa shape index (κ2) is 8.75. The fourth-order valence-corrected chi connectivity index (χ4v) is 4.34. The number of amides is 1. The molecule has 1 aliphatic heterocycles. The summed E-state index contributed by atoms with van der Waals surface area (Å²) in [5.74, 6) is 0.260. The van der Waals surface area contributed by atoms with Crippen molar-refractivity contribution in [1.29, 1.82) is 0 Å². The first-order chi connectivity index (χ1) is 15.1. The molecule has 0 aliphatic carbocycles. The highest BCUT2D eigenvalue weighted by atomic mass is 16.5. The Labute approximate surface area is 179 Å². The van der Waals surface area contributed by atoms with Crippen molar-refractivity contribution in [3.05, 3.63) is 63.4 Å². The van der Waals surface area contributed by atoms with Gasteiger partial charge in [0.2, 0.25) is 5.91 Å². The number of likely N-dealkylation sites (tertiary alicyclic amines) is 1. The van der Waals surface area contributed by atoms with E-state index in [1.165, 1.54) is 17.9 Å². The van der Waals surface area contributed by atoms with Gasteiger partial charge in [0.25, 0.3) is 5.56 Å². The van der Waals surface area contributed by atoms with Gasteiger partial charge in [0.1, 0.15) is 12.3 Å². The minimum absolute atomic E-state index is 0.149. The van der Waals surface area contributed by atoms with Crippen LogP contribution < -0.4 is 16.0 Å². The van der Waals surface area contributed by atoms with Crippen molar-refractivity contribution < 1.29 is 9.53 Å². The zero-order valence-electron chi connectivity index (χ0n) is 17.8. The Hall–Kier alpha value is -3.42. The van der Waals surface area contributed by atoms with Crippen LogP contribution in [0.3, 0.4) is 0 Å². The fourth-order valence-electron chi connectivity index (χ4n) is 4.34. The number of fused-ring (bicyclic) bond motifs is 1. The summed E-state index contributed by atoms with van der Waals surface area (Å²) in [5.41, 5.74) is -0.434. The first kappa shape index (κ1) is 20.8. The highest BCUT2D eigenvalue weighted by Gasteiger charge is 2.27. The SMILES string of the molecule is CC[C@H]1CCCCN1C(=O)Cn1c(=O)c2cccnc2n(-c2ccccc2OC)c1=O. The average molecular weight is 422 g/mol. The summed E-state index contributed by atoms with van der Waals surface area (Å²) in [4.78, 5) is 45.9. The molecule has 0 unspecified atom stereocenters. The second-order valence-corrected chi connectivity index (χ2v) is 7.70. The summed E-state index contributed by atoms with van der Waals surface area (Å²) < 4.78 is 7.79. The molecule has 1 atom stereocenters. The van der Waals surface area contributed by atoms with Crippen molar-refractivity contribution in [2.45, 2.75) is 45.2 Å². The Morgan fingerprint density at radius 1 is 1.16 bits per heavy atom. The standard InChI is InChI=1S/C23H26N4O4/c1-3-16-9-6-7-14-25(16)20(28)15-26-22(29)17-10-8-13-24-21(17)27(23(26)30)18-11-4-5-12-19(18)31-2/h4-5,8,10-13,16H,3,6-7,9,14-15H2,1-2H3/t16-/m0/s1. The first-order valence-corrected chi connectivity index (χ1v) is 10.6. The van der Waals surface area contributed by atoms with E-state index in [1.54, 1.807) is 36.4 Å². The van der Waals surface area contributed by atoms with Crippen molar-refractivity contribution in [1.82, 2.24) is 19.0 Å². The number of ether oxygens (including phenoxy) is 1. The van der Waals surface area contributed by atoms with E-state index >= 15 is 0 Å². The lowest BCUT2D eigenvalue weighted by Gasteiger charge is -2.35. The average Bonchev–Trinajstić information content (AvgIpc) is 2.82. The van der Waals surface area contributed by atoms with E-state index in [0.29, 0.717) is 18.0 Å². The molecule has 8 nitrogen and oxygen atoms in total. The number of nitrogens with zero attached hydrogens (tertiary/aromatic N) is 4. The minimum atomic E-state index is -0.612. The lowest BCUT2D eigenvalue weighted by atomic mass is 10.00. The fraction of sp³-hybridized carbons (Fsp3) is 0.391. The molecule has 1 fully saturated rings. The predicted octanol–water partition coefficient (Wildman–Crippen LogP) is 2.35. The normalized spacial score (nSPS) is 16.5. The molecule has 1 aromatic carbocycles. The minimum Gasteiger partial charge on any atom is -0.495 e. The van der Waals surface area contributed by atoms with Crippen LogP contribution >= 0.6 is 0 Å². The molecular weight excluding hydrogens is 396 g/mol. The van der Waals surface area contributed by atoms with Crippen molar-refractivity contribution in [3.63, 3.8) is 0 Å². The van der Waals surface area contributed by atoms with Crippen molar-refractivity contribution in [2.75, 3.05) is 13.7 Å². The third kappa shape index (κ3) is 3.73. The molecule has 0 radical (unpaired) electrons. The van der Waals surface area contributed by atoms with Gasteiger partial charge in [-0.1, -0.05) is 19.1 Å². The molecule has 8 heteroatoms. The molecule has 1 saturated heterocycles. The number of hydrogen-bond acceptors (Lipinski definition) is 5. The number of pyridine rings is 1. The van der Waals surface area contributed by atoms with Crippen LogP contribution in [-0.2, 0) is 11.3 Å². The Morgan fingerprint density at radius 2 is 1.97 bits per heavy atom. The molecular formula is C23H26N4O4. The van der Waals surface area contributed by atoms with Gasteiger partial charge in [-0.2, -0.15) is 0 Å². The maximum atomic E-state index is 13.5. The Bertz CT molecular complexity index is 1230. The zero-order valence-corrected chi connectivity index (χ0v) is 17.8. The van der Waals surface area contributed by atoms with Crippen LogP contribution in [0.15, 0.2) is 52.2 Å². The zero-order chi connectivity index (χ0) is 22.0. The van der Waals surface area contributed by atoms with E-state index in [4.69, 9.17) is 4.74 Å². The van der Waals surface area contributed by atoms with Gasteiger partial charge < -0.3 is 9.64 Å². The van der Waals surface area contributed by atoms with Crippen molar-refractivity contribution >= 4 is 16.9 Å². The number of hydrogen-bond donors (Lipinski definition) is 0. The molecule has 3 heterocycles. The number of rotatable bonds is 5. The Kier molecular flexibility index (Phi) is 5.88. The molecule has 0 saturated carbocycles. The number of methoxy groups -OCH3 is 1. The summed E-state index contributed by atoms with van der Waals surface area (Å²) in [7, 11) is 1.51. The number of benzene rings is 1. The van der Waals surface area contributed by atoms with Crippen LogP contribution in [0.25, 0.3) is 16.7 Å². The van der Waals surface area contributed by atoms with Gasteiger partial charge >= 0.3 is 5.69 Å². The van der Waals surface area contributed by atoms with Crippen LogP contribution in [0.1, 0.15) is 32.6 Å². The number of piperidine rings is 1. The number of carbonyl (C=O) groups is 1. The van der Waals surface area contributed by atoms with Gasteiger partial charge in [-0.15, -0.1) is 0 Å². The number of carbonyl (C=O) groups excluding carboxylic acids is 1. The quantitative estimate of drug-likeness (QED) is 0.630. The third-order valence-electron chi connectivity index (χ3n) is 5.93. The Balaban J connectivity index is 1.88. The topological polar surface area (TPSA) is 86.4 Å². The van der Waals surface area contributed by atoms with Gasteiger partial charge in [0.15, 0.2) is 5.65 Å². The summed E-state index contributed by atoms with van der Waals surface area (Å²) in [5, 5.41) is 0.270. The Morgan fingerprint density at radius 3 is 2.74 bits per heavy atom. The summed E-state index contributed by atoms with van der Waals surface area (Å²) in [6.07, 6.45) is 5.36. The van der Waals surface area contributed by atoms with Crippen LogP contribution in [0, 0.1) is 0 Å². The lowest BCUT2D eigenvalue weighted by molar-refractivity contribution is -0.135. The van der Waals surface area contributed by atoms with Gasteiger partial charge in [0, 0.05) is 18.8 Å². The van der Waals surface area contributed by atoms with Crippen molar-refractivity contribution in [2.24, 2.45) is 0 Å². The molecule has 0 spiro atoms. The van der Waals surface area contributed by atoms with Gasteiger partial charge in [-0.3, -0.25) is 9.59 Å². The summed E-state index contributed by atoms with van der Waals surface area (Å²) >= 11 is 0. The molecule has 0 bridgehead atoms. The van der Waals surface area contributed by atoms with E-state index in [2.05, 4.69) is 11.9 Å². The molecule has 1 amide bonds.